The summed E-state index contributed by atoms with van der Waals surface area (Å²) < 4.78 is 1.77. The lowest BCUT2D eigenvalue weighted by Gasteiger charge is -2.11. The van der Waals surface area contributed by atoms with Gasteiger partial charge in [0.25, 0.3) is 0 Å². The fraction of sp³-hybridized carbons (Fsp3) is 0.158. The van der Waals surface area contributed by atoms with Crippen LogP contribution in [-0.4, -0.2) is 22.1 Å². The fourth-order valence-corrected chi connectivity index (χ4v) is 2.62. The van der Waals surface area contributed by atoms with E-state index in [4.69, 9.17) is 0 Å². The molecule has 0 aliphatic carbocycles. The second-order valence-corrected chi connectivity index (χ2v) is 5.59. The highest BCUT2D eigenvalue weighted by Crippen LogP contribution is 2.10. The first-order valence-corrected chi connectivity index (χ1v) is 7.76. The van der Waals surface area contributed by atoms with E-state index in [0.717, 1.165) is 11.1 Å². The van der Waals surface area contributed by atoms with Gasteiger partial charge >= 0.3 is 0 Å². The molecule has 2 aromatic carbocycles. The van der Waals surface area contributed by atoms with Crippen molar-refractivity contribution in [2.24, 2.45) is 0 Å². The highest BCUT2D eigenvalue weighted by molar-refractivity contribution is 5.82. The number of aromatic nitrogens is 1. The van der Waals surface area contributed by atoms with Gasteiger partial charge in [-0.25, -0.2) is 0 Å². The summed E-state index contributed by atoms with van der Waals surface area (Å²) in [4.78, 5) is 24.0. The number of nitrogens with zero attached hydrogens (tertiary/aromatic N) is 1. The number of carbonyl (C=O) groups excluding carboxylic acids is 1. The number of fused-ring (bicyclic) bond motifs is 1. The van der Waals surface area contributed by atoms with Crippen LogP contribution in [0, 0.1) is 0 Å². The lowest BCUT2D eigenvalue weighted by Crippen LogP contribution is -2.29. The molecule has 0 bridgehead atoms. The number of nitrogens with one attached hydrogen (secondary N) is 1. The van der Waals surface area contributed by atoms with Gasteiger partial charge in [0.05, 0.1) is 5.52 Å². The molecule has 2 N–H and O–H groups in total. The minimum absolute atomic E-state index is 0.0467. The summed E-state index contributed by atoms with van der Waals surface area (Å²) in [6.45, 7) is 0.679. The average molecular weight is 322 g/mol. The number of pyridine rings is 1. The van der Waals surface area contributed by atoms with Crippen LogP contribution in [0.5, 0.6) is 5.75 Å². The zero-order chi connectivity index (χ0) is 16.9. The molecule has 0 spiro atoms. The Bertz CT molecular complexity index is 914. The number of amides is 1. The van der Waals surface area contributed by atoms with E-state index in [-0.39, 0.29) is 23.6 Å². The number of para-hydroxylation sites is 1. The molecule has 1 aromatic heterocycles. The number of hydrogen-bond acceptors (Lipinski definition) is 3. The topological polar surface area (TPSA) is 71.3 Å². The van der Waals surface area contributed by atoms with Crippen molar-refractivity contribution >= 4 is 16.8 Å². The predicted molar refractivity (Wildman–Crippen MR) is 93.0 cm³/mol. The highest BCUT2D eigenvalue weighted by Gasteiger charge is 2.06. The van der Waals surface area contributed by atoms with Crippen molar-refractivity contribution < 1.29 is 9.90 Å². The number of phenolic OH excluding ortho intramolecular Hbond substituents is 1. The standard InChI is InChI=1S/C19H18N2O3/c22-15-7-5-14(6-8-15)9-11-20-19(24)13-21-12-10-18(23)16-3-1-2-4-17(16)21/h1-8,10,12,22H,9,11,13H2,(H,20,24). The second kappa shape index (κ2) is 7.00. The van der Waals surface area contributed by atoms with Gasteiger partial charge in [-0.3, -0.25) is 9.59 Å². The molecule has 0 atom stereocenters. The van der Waals surface area contributed by atoms with Gasteiger partial charge in [0, 0.05) is 24.2 Å². The van der Waals surface area contributed by atoms with Gasteiger partial charge in [-0.1, -0.05) is 24.3 Å². The maximum atomic E-state index is 12.1. The Morgan fingerprint density at radius 3 is 2.58 bits per heavy atom. The van der Waals surface area contributed by atoms with Crippen molar-refractivity contribution in [3.8, 4) is 5.75 Å². The Labute approximate surface area is 139 Å². The number of aromatic hydroxyl groups is 1. The molecule has 0 fully saturated rings. The van der Waals surface area contributed by atoms with Gasteiger partial charge in [0.15, 0.2) is 5.43 Å². The number of hydrogen-bond donors (Lipinski definition) is 2. The third-order valence-corrected chi connectivity index (χ3v) is 3.87. The van der Waals surface area contributed by atoms with Gasteiger partial charge in [-0.05, 0) is 36.2 Å². The van der Waals surface area contributed by atoms with Crippen LogP contribution in [0.25, 0.3) is 10.9 Å². The van der Waals surface area contributed by atoms with E-state index in [2.05, 4.69) is 5.32 Å². The number of carbonyl (C=O) groups is 1. The maximum Gasteiger partial charge on any atom is 0.239 e. The zero-order valence-corrected chi connectivity index (χ0v) is 13.1. The van der Waals surface area contributed by atoms with Crippen LogP contribution < -0.4 is 10.7 Å². The van der Waals surface area contributed by atoms with Crippen molar-refractivity contribution in [2.45, 2.75) is 13.0 Å². The minimum Gasteiger partial charge on any atom is -0.508 e. The molecule has 1 amide bonds. The van der Waals surface area contributed by atoms with Crippen LogP contribution in [0.1, 0.15) is 5.56 Å². The van der Waals surface area contributed by atoms with Crippen molar-refractivity contribution in [3.63, 3.8) is 0 Å². The third kappa shape index (κ3) is 3.63. The average Bonchev–Trinajstić information content (AvgIpc) is 2.59. The van der Waals surface area contributed by atoms with E-state index in [1.165, 1.54) is 6.07 Å². The molecular weight excluding hydrogens is 304 g/mol. The van der Waals surface area contributed by atoms with Crippen LogP contribution in [0.4, 0.5) is 0 Å². The van der Waals surface area contributed by atoms with Gasteiger partial charge in [0.1, 0.15) is 12.3 Å². The molecule has 24 heavy (non-hydrogen) atoms. The Morgan fingerprint density at radius 1 is 1.04 bits per heavy atom. The molecule has 0 unspecified atom stereocenters. The Balaban J connectivity index is 1.62. The Kier molecular flexibility index (Phi) is 4.61. The monoisotopic (exact) mass is 322 g/mol. The quantitative estimate of drug-likeness (QED) is 0.755. The largest absolute Gasteiger partial charge is 0.508 e. The van der Waals surface area contributed by atoms with E-state index in [1.807, 2.05) is 30.3 Å². The minimum atomic E-state index is -0.109. The summed E-state index contributed by atoms with van der Waals surface area (Å²) in [6.07, 6.45) is 2.33. The van der Waals surface area contributed by atoms with E-state index >= 15 is 0 Å². The first-order chi connectivity index (χ1) is 11.6. The van der Waals surface area contributed by atoms with Crippen LogP contribution in [0.15, 0.2) is 65.6 Å². The molecule has 0 aliphatic heterocycles. The van der Waals surface area contributed by atoms with Crippen LogP contribution in [-0.2, 0) is 17.8 Å². The summed E-state index contributed by atoms with van der Waals surface area (Å²) in [5, 5.41) is 12.7. The number of rotatable bonds is 5. The Morgan fingerprint density at radius 2 is 1.79 bits per heavy atom. The smallest absolute Gasteiger partial charge is 0.239 e. The molecule has 3 aromatic rings. The lowest BCUT2D eigenvalue weighted by atomic mass is 10.1. The summed E-state index contributed by atoms with van der Waals surface area (Å²) in [6, 6.07) is 15.6. The van der Waals surface area contributed by atoms with Crippen molar-refractivity contribution in [1.82, 2.24) is 9.88 Å². The number of benzene rings is 2. The predicted octanol–water partition coefficient (Wildman–Crippen LogP) is 2.07. The van der Waals surface area contributed by atoms with Crippen LogP contribution >= 0.6 is 0 Å². The summed E-state index contributed by atoms with van der Waals surface area (Å²) in [7, 11) is 0. The molecule has 0 saturated heterocycles. The summed E-state index contributed by atoms with van der Waals surface area (Å²) >= 11 is 0. The van der Waals surface area contributed by atoms with E-state index in [9.17, 15) is 14.7 Å². The van der Waals surface area contributed by atoms with Crippen molar-refractivity contribution in [2.75, 3.05) is 6.54 Å². The first kappa shape index (κ1) is 15.8. The molecule has 0 saturated carbocycles. The molecule has 0 aliphatic rings. The fourth-order valence-electron chi connectivity index (χ4n) is 2.62. The highest BCUT2D eigenvalue weighted by atomic mass is 16.3. The molecule has 0 radical (unpaired) electrons. The third-order valence-electron chi connectivity index (χ3n) is 3.87. The number of phenols is 1. The van der Waals surface area contributed by atoms with E-state index < -0.39 is 0 Å². The molecule has 3 rings (SSSR count). The molecule has 122 valence electrons. The van der Waals surface area contributed by atoms with Gasteiger partial charge in [-0.15, -0.1) is 0 Å². The van der Waals surface area contributed by atoms with Gasteiger partial charge < -0.3 is 15.0 Å². The van der Waals surface area contributed by atoms with Crippen molar-refractivity contribution in [1.29, 1.82) is 0 Å². The van der Waals surface area contributed by atoms with E-state index in [0.29, 0.717) is 18.4 Å². The van der Waals surface area contributed by atoms with Crippen LogP contribution in [0.3, 0.4) is 0 Å². The summed E-state index contributed by atoms with van der Waals surface area (Å²) in [5.74, 6) is 0.121. The van der Waals surface area contributed by atoms with Gasteiger partial charge in [0.2, 0.25) is 5.91 Å². The van der Waals surface area contributed by atoms with Crippen molar-refractivity contribution in [3.05, 3.63) is 76.6 Å². The van der Waals surface area contributed by atoms with Gasteiger partial charge in [-0.2, -0.15) is 0 Å². The molecule has 5 nitrogen and oxygen atoms in total. The Hall–Kier alpha value is -3.08. The molecular formula is C19H18N2O3. The zero-order valence-electron chi connectivity index (χ0n) is 13.1. The lowest BCUT2D eigenvalue weighted by molar-refractivity contribution is -0.121. The summed E-state index contributed by atoms with van der Waals surface area (Å²) in [5.41, 5.74) is 1.75. The normalized spacial score (nSPS) is 10.7. The van der Waals surface area contributed by atoms with E-state index in [1.54, 1.807) is 29.0 Å². The molecule has 5 heteroatoms. The van der Waals surface area contributed by atoms with Crippen LogP contribution in [0.2, 0.25) is 0 Å². The maximum absolute atomic E-state index is 12.1. The second-order valence-electron chi connectivity index (χ2n) is 5.59. The molecule has 1 heterocycles. The SMILES string of the molecule is O=C(Cn1ccc(=O)c2ccccc21)NCCc1ccc(O)cc1. The first-order valence-electron chi connectivity index (χ1n) is 7.76.